The summed E-state index contributed by atoms with van der Waals surface area (Å²) in [6, 6.07) is 0.446. The summed E-state index contributed by atoms with van der Waals surface area (Å²) in [7, 11) is 0. The van der Waals surface area contributed by atoms with Gasteiger partial charge in [-0.15, -0.1) is 0 Å². The summed E-state index contributed by atoms with van der Waals surface area (Å²) in [6.45, 7) is 3.79. The molecule has 0 N–H and O–H groups in total. The lowest BCUT2D eigenvalue weighted by molar-refractivity contribution is -0.148. The van der Waals surface area contributed by atoms with Crippen molar-refractivity contribution in [3.63, 3.8) is 0 Å². The van der Waals surface area contributed by atoms with Crippen molar-refractivity contribution >= 4 is 5.91 Å². The van der Waals surface area contributed by atoms with Gasteiger partial charge < -0.3 is 9.64 Å². The molecule has 0 spiro atoms. The zero-order chi connectivity index (χ0) is 8.55. The third-order valence-corrected chi connectivity index (χ3v) is 2.81. The van der Waals surface area contributed by atoms with Gasteiger partial charge in [-0.2, -0.15) is 0 Å². The maximum Gasteiger partial charge on any atom is 0.251 e. The quantitative estimate of drug-likeness (QED) is 0.580. The fourth-order valence-electron chi connectivity index (χ4n) is 1.80. The average Bonchev–Trinajstić information content (AvgIpc) is 2.53. The second-order valence-electron chi connectivity index (χ2n) is 3.67. The van der Waals surface area contributed by atoms with Gasteiger partial charge >= 0.3 is 0 Å². The van der Waals surface area contributed by atoms with Crippen LogP contribution in [0.3, 0.4) is 0 Å². The monoisotopic (exact) mass is 169 g/mol. The normalized spacial score (nSPS) is 34.9. The number of likely N-dealkylation sites (tertiary alicyclic amines) is 1. The van der Waals surface area contributed by atoms with E-state index in [9.17, 15) is 4.79 Å². The van der Waals surface area contributed by atoms with Gasteiger partial charge in [0.15, 0.2) is 0 Å². The summed E-state index contributed by atoms with van der Waals surface area (Å²) in [5, 5.41) is 0. The third-order valence-electron chi connectivity index (χ3n) is 2.81. The van der Waals surface area contributed by atoms with Crippen LogP contribution < -0.4 is 0 Å². The number of hydrogen-bond acceptors (Lipinski definition) is 2. The van der Waals surface area contributed by atoms with Crippen LogP contribution >= 0.6 is 0 Å². The fourth-order valence-corrected chi connectivity index (χ4v) is 1.80. The zero-order valence-corrected chi connectivity index (χ0v) is 7.45. The minimum absolute atomic E-state index is 0.118. The van der Waals surface area contributed by atoms with Gasteiger partial charge in [0.25, 0.3) is 5.91 Å². The molecule has 0 saturated carbocycles. The Bertz CT molecular complexity index is 183. The van der Waals surface area contributed by atoms with Gasteiger partial charge in [0.1, 0.15) is 6.10 Å². The third kappa shape index (κ3) is 1.22. The van der Waals surface area contributed by atoms with E-state index in [0.717, 1.165) is 32.4 Å². The lowest BCUT2D eigenvalue weighted by Gasteiger charge is -2.39. The van der Waals surface area contributed by atoms with Crippen molar-refractivity contribution in [1.29, 1.82) is 0 Å². The largest absolute Gasteiger partial charge is 0.368 e. The van der Waals surface area contributed by atoms with Crippen LogP contribution in [0.1, 0.15) is 26.2 Å². The van der Waals surface area contributed by atoms with Crippen molar-refractivity contribution in [1.82, 2.24) is 4.90 Å². The molecule has 2 rings (SSSR count). The smallest absolute Gasteiger partial charge is 0.251 e. The number of ether oxygens (including phenoxy) is 1. The van der Waals surface area contributed by atoms with E-state index in [1.54, 1.807) is 0 Å². The number of nitrogens with zero attached hydrogens (tertiary/aromatic N) is 1. The molecule has 1 amide bonds. The van der Waals surface area contributed by atoms with Gasteiger partial charge in [0, 0.05) is 19.2 Å². The summed E-state index contributed by atoms with van der Waals surface area (Å²) >= 11 is 0. The highest BCUT2D eigenvalue weighted by Gasteiger charge is 2.34. The SMILES string of the molecule is CC1CCN1C(=O)C1CCCO1. The first kappa shape index (κ1) is 8.05. The van der Waals surface area contributed by atoms with E-state index in [-0.39, 0.29) is 12.0 Å². The molecule has 0 radical (unpaired) electrons. The Hall–Kier alpha value is -0.570. The molecule has 2 heterocycles. The molecule has 2 aliphatic heterocycles. The van der Waals surface area contributed by atoms with E-state index in [1.165, 1.54) is 0 Å². The van der Waals surface area contributed by atoms with E-state index < -0.39 is 0 Å². The molecule has 2 unspecified atom stereocenters. The lowest BCUT2D eigenvalue weighted by Crippen LogP contribution is -2.52. The zero-order valence-electron chi connectivity index (χ0n) is 7.45. The minimum Gasteiger partial charge on any atom is -0.368 e. The van der Waals surface area contributed by atoms with E-state index in [4.69, 9.17) is 4.74 Å². The highest BCUT2D eigenvalue weighted by molar-refractivity contribution is 5.82. The van der Waals surface area contributed by atoms with Crippen molar-refractivity contribution in [2.45, 2.75) is 38.3 Å². The number of carbonyl (C=O) groups is 1. The van der Waals surface area contributed by atoms with Crippen LogP contribution in [0.15, 0.2) is 0 Å². The Morgan fingerprint density at radius 1 is 1.50 bits per heavy atom. The first-order chi connectivity index (χ1) is 5.79. The van der Waals surface area contributed by atoms with Gasteiger partial charge in [0.05, 0.1) is 0 Å². The Morgan fingerprint density at radius 2 is 2.33 bits per heavy atom. The van der Waals surface area contributed by atoms with Gasteiger partial charge in [-0.25, -0.2) is 0 Å². The summed E-state index contributed by atoms with van der Waals surface area (Å²) in [5.41, 5.74) is 0. The average molecular weight is 169 g/mol. The Labute approximate surface area is 72.7 Å². The topological polar surface area (TPSA) is 29.5 Å². The summed E-state index contributed by atoms with van der Waals surface area (Å²) in [4.78, 5) is 13.6. The molecule has 12 heavy (non-hydrogen) atoms. The molecule has 0 aromatic carbocycles. The van der Waals surface area contributed by atoms with Gasteiger partial charge in [0.2, 0.25) is 0 Å². The van der Waals surface area contributed by atoms with E-state index in [0.29, 0.717) is 6.04 Å². The Balaban J connectivity index is 1.90. The predicted octanol–water partition coefficient (Wildman–Crippen LogP) is 0.786. The number of amides is 1. The summed E-state index contributed by atoms with van der Waals surface area (Å²) in [5.74, 6) is 0.214. The second kappa shape index (κ2) is 3.05. The molecular weight excluding hydrogens is 154 g/mol. The molecule has 3 nitrogen and oxygen atoms in total. The van der Waals surface area contributed by atoms with Crippen LogP contribution in [0.25, 0.3) is 0 Å². The van der Waals surface area contributed by atoms with E-state index in [2.05, 4.69) is 6.92 Å². The first-order valence-electron chi connectivity index (χ1n) is 4.71. The summed E-state index contributed by atoms with van der Waals surface area (Å²) in [6.07, 6.45) is 2.99. The first-order valence-corrected chi connectivity index (χ1v) is 4.71. The highest BCUT2D eigenvalue weighted by Crippen LogP contribution is 2.22. The fraction of sp³-hybridized carbons (Fsp3) is 0.889. The Morgan fingerprint density at radius 3 is 2.75 bits per heavy atom. The maximum absolute atomic E-state index is 11.6. The van der Waals surface area contributed by atoms with Crippen molar-refractivity contribution in [2.24, 2.45) is 0 Å². The van der Waals surface area contributed by atoms with E-state index in [1.807, 2.05) is 4.90 Å². The molecule has 3 heteroatoms. The molecular formula is C9H15NO2. The van der Waals surface area contributed by atoms with Crippen LogP contribution in [0.2, 0.25) is 0 Å². The van der Waals surface area contributed by atoms with Crippen LogP contribution in [0.4, 0.5) is 0 Å². The number of rotatable bonds is 1. The molecule has 0 aromatic rings. The second-order valence-corrected chi connectivity index (χ2v) is 3.67. The van der Waals surface area contributed by atoms with Gasteiger partial charge in [-0.05, 0) is 26.2 Å². The summed E-state index contributed by atoms with van der Waals surface area (Å²) < 4.78 is 5.33. The standard InChI is InChI=1S/C9H15NO2/c1-7-4-5-10(7)9(11)8-3-2-6-12-8/h7-8H,2-6H2,1H3. The number of carbonyl (C=O) groups excluding carboxylic acids is 1. The van der Waals surface area contributed by atoms with Crippen LogP contribution in [-0.4, -0.2) is 36.1 Å². The van der Waals surface area contributed by atoms with Crippen LogP contribution in [0, 0.1) is 0 Å². The molecule has 0 aromatic heterocycles. The Kier molecular flexibility index (Phi) is 2.05. The van der Waals surface area contributed by atoms with Crippen molar-refractivity contribution in [2.75, 3.05) is 13.2 Å². The molecule has 2 atom stereocenters. The van der Waals surface area contributed by atoms with Crippen LogP contribution in [-0.2, 0) is 9.53 Å². The molecule has 2 aliphatic rings. The van der Waals surface area contributed by atoms with E-state index >= 15 is 0 Å². The predicted molar refractivity (Wildman–Crippen MR) is 44.8 cm³/mol. The molecule has 2 saturated heterocycles. The molecule has 2 fully saturated rings. The van der Waals surface area contributed by atoms with Crippen molar-refractivity contribution in [3.05, 3.63) is 0 Å². The van der Waals surface area contributed by atoms with Crippen molar-refractivity contribution in [3.8, 4) is 0 Å². The minimum atomic E-state index is -0.118. The van der Waals surface area contributed by atoms with Gasteiger partial charge in [-0.3, -0.25) is 4.79 Å². The molecule has 0 bridgehead atoms. The van der Waals surface area contributed by atoms with Crippen molar-refractivity contribution < 1.29 is 9.53 Å². The highest BCUT2D eigenvalue weighted by atomic mass is 16.5. The number of hydrogen-bond donors (Lipinski definition) is 0. The molecule has 68 valence electrons. The molecule has 0 aliphatic carbocycles. The van der Waals surface area contributed by atoms with Crippen LogP contribution in [0.5, 0.6) is 0 Å². The maximum atomic E-state index is 11.6. The lowest BCUT2D eigenvalue weighted by atomic mass is 10.0. The van der Waals surface area contributed by atoms with Gasteiger partial charge in [-0.1, -0.05) is 0 Å².